The Kier molecular flexibility index (Phi) is 4.34. The van der Waals surface area contributed by atoms with Crippen molar-refractivity contribution in [1.82, 2.24) is 0 Å². The second-order valence-corrected chi connectivity index (χ2v) is 4.09. The SMILES string of the molecule is C=C(C(=O)OCc1ccc(Br)cc1)C(F)(F)F. The van der Waals surface area contributed by atoms with Crippen LogP contribution < -0.4 is 0 Å². The van der Waals surface area contributed by atoms with Crippen LogP contribution in [0.4, 0.5) is 13.2 Å². The van der Waals surface area contributed by atoms with Gasteiger partial charge < -0.3 is 4.74 Å². The highest BCUT2D eigenvalue weighted by Crippen LogP contribution is 2.25. The topological polar surface area (TPSA) is 26.3 Å². The Morgan fingerprint density at radius 3 is 2.29 bits per heavy atom. The van der Waals surface area contributed by atoms with E-state index in [2.05, 4.69) is 27.2 Å². The third-order valence-corrected chi connectivity index (χ3v) is 2.40. The average molecular weight is 309 g/mol. The van der Waals surface area contributed by atoms with Gasteiger partial charge in [-0.1, -0.05) is 34.6 Å². The molecule has 0 heterocycles. The van der Waals surface area contributed by atoms with Gasteiger partial charge in [-0.2, -0.15) is 13.2 Å². The first kappa shape index (κ1) is 13.8. The molecule has 17 heavy (non-hydrogen) atoms. The van der Waals surface area contributed by atoms with Crippen molar-refractivity contribution in [3.8, 4) is 0 Å². The minimum absolute atomic E-state index is 0.221. The lowest BCUT2D eigenvalue weighted by molar-refractivity contribution is -0.151. The van der Waals surface area contributed by atoms with E-state index in [0.29, 0.717) is 5.56 Å². The lowest BCUT2D eigenvalue weighted by Crippen LogP contribution is -2.20. The molecule has 0 saturated heterocycles. The highest BCUT2D eigenvalue weighted by molar-refractivity contribution is 9.10. The van der Waals surface area contributed by atoms with E-state index < -0.39 is 17.7 Å². The molecule has 1 aromatic rings. The number of esters is 1. The second kappa shape index (κ2) is 5.35. The standard InChI is InChI=1S/C11H8BrF3O2/c1-7(11(13,14)15)10(16)17-6-8-2-4-9(12)5-3-8/h2-5H,1,6H2. The lowest BCUT2D eigenvalue weighted by Gasteiger charge is -2.09. The van der Waals surface area contributed by atoms with E-state index in [1.807, 2.05) is 0 Å². The summed E-state index contributed by atoms with van der Waals surface area (Å²) < 4.78 is 41.5. The predicted molar refractivity (Wildman–Crippen MR) is 59.1 cm³/mol. The number of hydrogen-bond donors (Lipinski definition) is 0. The number of alkyl halides is 3. The number of carbonyl (C=O) groups is 1. The zero-order valence-electron chi connectivity index (χ0n) is 8.55. The lowest BCUT2D eigenvalue weighted by atomic mass is 10.2. The monoisotopic (exact) mass is 308 g/mol. The Bertz CT molecular complexity index is 423. The molecule has 0 saturated carbocycles. The normalized spacial score (nSPS) is 11.1. The fraction of sp³-hybridized carbons (Fsp3) is 0.182. The van der Waals surface area contributed by atoms with Crippen molar-refractivity contribution in [2.24, 2.45) is 0 Å². The Hall–Kier alpha value is -1.30. The van der Waals surface area contributed by atoms with Gasteiger partial charge in [-0.25, -0.2) is 4.79 Å². The zero-order chi connectivity index (χ0) is 13.1. The number of benzene rings is 1. The van der Waals surface area contributed by atoms with Gasteiger partial charge in [-0.05, 0) is 17.7 Å². The van der Waals surface area contributed by atoms with Crippen LogP contribution in [-0.4, -0.2) is 12.1 Å². The zero-order valence-corrected chi connectivity index (χ0v) is 10.1. The maximum absolute atomic E-state index is 12.1. The van der Waals surface area contributed by atoms with Crippen LogP contribution in [0.15, 0.2) is 40.9 Å². The van der Waals surface area contributed by atoms with Gasteiger partial charge in [0.1, 0.15) is 12.2 Å². The summed E-state index contributed by atoms with van der Waals surface area (Å²) in [4.78, 5) is 11.0. The fourth-order valence-electron chi connectivity index (χ4n) is 0.932. The molecule has 92 valence electrons. The molecule has 0 aromatic heterocycles. The molecule has 0 bridgehead atoms. The molecule has 0 N–H and O–H groups in total. The number of carbonyl (C=O) groups excluding carboxylic acids is 1. The van der Waals surface area contributed by atoms with Crippen LogP contribution in [-0.2, 0) is 16.1 Å². The highest BCUT2D eigenvalue weighted by Gasteiger charge is 2.37. The first-order valence-corrected chi connectivity index (χ1v) is 5.27. The van der Waals surface area contributed by atoms with Crippen molar-refractivity contribution in [1.29, 1.82) is 0 Å². The Morgan fingerprint density at radius 1 is 1.29 bits per heavy atom. The molecule has 2 nitrogen and oxygen atoms in total. The maximum Gasteiger partial charge on any atom is 0.422 e. The Balaban J connectivity index is 2.54. The molecule has 0 aliphatic heterocycles. The molecule has 0 aliphatic rings. The van der Waals surface area contributed by atoms with Crippen LogP contribution in [0.25, 0.3) is 0 Å². The van der Waals surface area contributed by atoms with Gasteiger partial charge in [0, 0.05) is 4.47 Å². The summed E-state index contributed by atoms with van der Waals surface area (Å²) in [5, 5.41) is 0. The molecular weight excluding hydrogens is 301 g/mol. The fourth-order valence-corrected chi connectivity index (χ4v) is 1.20. The van der Waals surface area contributed by atoms with Crippen molar-refractivity contribution in [2.45, 2.75) is 12.8 Å². The van der Waals surface area contributed by atoms with Gasteiger partial charge in [-0.15, -0.1) is 0 Å². The number of hydrogen-bond acceptors (Lipinski definition) is 2. The number of rotatable bonds is 3. The summed E-state index contributed by atoms with van der Waals surface area (Å²) in [6.45, 7) is 2.42. The number of halogens is 4. The largest absolute Gasteiger partial charge is 0.457 e. The van der Waals surface area contributed by atoms with E-state index >= 15 is 0 Å². The van der Waals surface area contributed by atoms with E-state index in [1.165, 1.54) is 0 Å². The summed E-state index contributed by atoms with van der Waals surface area (Å²) in [6, 6.07) is 6.66. The quantitative estimate of drug-likeness (QED) is 0.630. The third kappa shape index (κ3) is 4.22. The van der Waals surface area contributed by atoms with Crippen LogP contribution in [0.2, 0.25) is 0 Å². The molecule has 1 aromatic carbocycles. The predicted octanol–water partition coefficient (Wildman–Crippen LogP) is 3.61. The van der Waals surface area contributed by atoms with Crippen LogP contribution in [0.1, 0.15) is 5.56 Å². The molecular formula is C11H8BrF3O2. The molecule has 0 spiro atoms. The third-order valence-electron chi connectivity index (χ3n) is 1.87. The first-order valence-electron chi connectivity index (χ1n) is 4.48. The molecule has 6 heteroatoms. The van der Waals surface area contributed by atoms with Gasteiger partial charge in [0.15, 0.2) is 0 Å². The Morgan fingerprint density at radius 2 is 1.82 bits per heavy atom. The molecule has 0 atom stereocenters. The highest BCUT2D eigenvalue weighted by atomic mass is 79.9. The van der Waals surface area contributed by atoms with Crippen molar-refractivity contribution in [2.75, 3.05) is 0 Å². The van der Waals surface area contributed by atoms with Crippen LogP contribution in [0.5, 0.6) is 0 Å². The molecule has 1 rings (SSSR count). The first-order chi connectivity index (χ1) is 7.80. The Labute approximate surface area is 104 Å². The minimum atomic E-state index is -4.75. The molecule has 0 fully saturated rings. The van der Waals surface area contributed by atoms with Gasteiger partial charge in [-0.3, -0.25) is 0 Å². The van der Waals surface area contributed by atoms with Gasteiger partial charge >= 0.3 is 12.1 Å². The van der Waals surface area contributed by atoms with Crippen molar-refractivity contribution in [3.63, 3.8) is 0 Å². The smallest absolute Gasteiger partial charge is 0.422 e. The summed E-state index contributed by atoms with van der Waals surface area (Å²) in [6.07, 6.45) is -4.75. The van der Waals surface area contributed by atoms with Gasteiger partial charge in [0.05, 0.1) is 0 Å². The van der Waals surface area contributed by atoms with Crippen LogP contribution in [0.3, 0.4) is 0 Å². The van der Waals surface area contributed by atoms with E-state index in [4.69, 9.17) is 0 Å². The molecule has 0 radical (unpaired) electrons. The summed E-state index contributed by atoms with van der Waals surface area (Å²) in [5.41, 5.74) is -0.911. The van der Waals surface area contributed by atoms with Crippen LogP contribution >= 0.6 is 15.9 Å². The van der Waals surface area contributed by atoms with Crippen molar-refractivity contribution < 1.29 is 22.7 Å². The maximum atomic E-state index is 12.1. The number of ether oxygens (including phenoxy) is 1. The summed E-state index contributed by atoms with van der Waals surface area (Å²) in [5.74, 6) is -1.46. The van der Waals surface area contributed by atoms with E-state index in [0.717, 1.165) is 4.47 Å². The van der Waals surface area contributed by atoms with E-state index in [1.54, 1.807) is 24.3 Å². The average Bonchev–Trinajstić information content (AvgIpc) is 2.25. The van der Waals surface area contributed by atoms with Gasteiger partial charge in [0.25, 0.3) is 0 Å². The van der Waals surface area contributed by atoms with Crippen molar-refractivity contribution in [3.05, 3.63) is 46.5 Å². The molecule has 0 aliphatic carbocycles. The van der Waals surface area contributed by atoms with Crippen molar-refractivity contribution >= 4 is 21.9 Å². The molecule has 0 unspecified atom stereocenters. The van der Waals surface area contributed by atoms with Crippen LogP contribution in [0, 0.1) is 0 Å². The second-order valence-electron chi connectivity index (χ2n) is 3.18. The molecule has 0 amide bonds. The summed E-state index contributed by atoms with van der Waals surface area (Å²) >= 11 is 3.20. The summed E-state index contributed by atoms with van der Waals surface area (Å²) in [7, 11) is 0. The van der Waals surface area contributed by atoms with E-state index in [9.17, 15) is 18.0 Å². The van der Waals surface area contributed by atoms with Gasteiger partial charge in [0.2, 0.25) is 0 Å². The minimum Gasteiger partial charge on any atom is -0.457 e. The van der Waals surface area contributed by atoms with E-state index in [-0.39, 0.29) is 6.61 Å².